The quantitative estimate of drug-likeness (QED) is 0.757. The maximum absolute atomic E-state index is 13.2. The molecule has 1 aliphatic heterocycles. The largest absolute Gasteiger partial charge is 0.437 e. The highest BCUT2D eigenvalue weighted by atomic mass is 19.4. The van der Waals surface area contributed by atoms with E-state index in [0.29, 0.717) is 31.4 Å². The number of aromatic nitrogens is 2. The SMILES string of the molecule is CC(OC(=O)N1CCC(C)(N(C)C(=O)C2(c3cnccn3)CC2)CC1)C(F)(F)F. The zero-order valence-electron chi connectivity index (χ0n) is 16.7. The Labute approximate surface area is 167 Å². The number of halogens is 3. The number of ether oxygens (including phenoxy) is 1. The predicted molar refractivity (Wildman–Crippen MR) is 96.9 cm³/mol. The van der Waals surface area contributed by atoms with Gasteiger partial charge in [0.25, 0.3) is 0 Å². The second kappa shape index (κ2) is 7.46. The summed E-state index contributed by atoms with van der Waals surface area (Å²) in [7, 11) is 1.73. The number of carbonyl (C=O) groups excluding carboxylic acids is 2. The third kappa shape index (κ3) is 4.16. The number of piperidine rings is 1. The lowest BCUT2D eigenvalue weighted by molar-refractivity contribution is -0.200. The van der Waals surface area contributed by atoms with Crippen LogP contribution in [-0.4, -0.2) is 69.7 Å². The Bertz CT molecular complexity index is 760. The van der Waals surface area contributed by atoms with Crippen LogP contribution in [0.15, 0.2) is 18.6 Å². The minimum absolute atomic E-state index is 0.0396. The predicted octanol–water partition coefficient (Wildman–Crippen LogP) is 2.91. The molecule has 1 atom stereocenters. The van der Waals surface area contributed by atoms with Gasteiger partial charge in [-0.2, -0.15) is 13.2 Å². The summed E-state index contributed by atoms with van der Waals surface area (Å²) in [6.45, 7) is 3.17. The summed E-state index contributed by atoms with van der Waals surface area (Å²) in [5.41, 5.74) is -0.506. The topological polar surface area (TPSA) is 75.6 Å². The van der Waals surface area contributed by atoms with Gasteiger partial charge in [-0.05, 0) is 39.5 Å². The zero-order valence-corrected chi connectivity index (χ0v) is 16.7. The van der Waals surface area contributed by atoms with Crippen LogP contribution in [0.2, 0.25) is 0 Å². The second-order valence-corrected chi connectivity index (χ2v) is 8.09. The van der Waals surface area contributed by atoms with Crippen molar-refractivity contribution in [2.24, 2.45) is 0 Å². The number of hydrogen-bond donors (Lipinski definition) is 0. The van der Waals surface area contributed by atoms with Crippen LogP contribution >= 0.6 is 0 Å². The van der Waals surface area contributed by atoms with Gasteiger partial charge in [0, 0.05) is 44.3 Å². The molecule has 29 heavy (non-hydrogen) atoms. The summed E-state index contributed by atoms with van der Waals surface area (Å²) in [4.78, 5) is 36.6. The average Bonchev–Trinajstić information content (AvgIpc) is 3.49. The normalized spacial score (nSPS) is 21.2. The van der Waals surface area contributed by atoms with Crippen LogP contribution in [0.4, 0.5) is 18.0 Å². The van der Waals surface area contributed by atoms with Crippen LogP contribution in [0.25, 0.3) is 0 Å². The summed E-state index contributed by atoms with van der Waals surface area (Å²) in [6.07, 6.45) is -0.689. The molecule has 7 nitrogen and oxygen atoms in total. The van der Waals surface area contributed by atoms with Crippen molar-refractivity contribution < 1.29 is 27.5 Å². The molecule has 1 aliphatic carbocycles. The summed E-state index contributed by atoms with van der Waals surface area (Å²) in [6, 6.07) is 0. The number of nitrogens with zero attached hydrogens (tertiary/aromatic N) is 4. The Kier molecular flexibility index (Phi) is 5.48. The van der Waals surface area contributed by atoms with Crippen LogP contribution in [0, 0.1) is 0 Å². The first kappa shape index (κ1) is 21.3. The number of hydrogen-bond acceptors (Lipinski definition) is 5. The van der Waals surface area contributed by atoms with Gasteiger partial charge in [-0.15, -0.1) is 0 Å². The van der Waals surface area contributed by atoms with Gasteiger partial charge in [0.15, 0.2) is 6.10 Å². The Morgan fingerprint density at radius 3 is 2.31 bits per heavy atom. The molecule has 0 radical (unpaired) electrons. The molecule has 0 N–H and O–H groups in total. The number of amides is 2. The van der Waals surface area contributed by atoms with Gasteiger partial charge in [0.1, 0.15) is 0 Å². The zero-order chi connectivity index (χ0) is 21.4. The molecule has 1 aromatic heterocycles. The summed E-state index contributed by atoms with van der Waals surface area (Å²) in [5.74, 6) is -0.0396. The van der Waals surface area contributed by atoms with Crippen molar-refractivity contribution in [3.8, 4) is 0 Å². The number of rotatable bonds is 4. The standard InChI is InChI=1S/C19H25F3N4O3/c1-13(19(20,21)22)29-16(28)26-10-6-17(2,7-11-26)25(3)15(27)18(4-5-18)14-12-23-8-9-24-14/h8-9,12-13H,4-7,10-11H2,1-3H3. The number of alkyl halides is 3. The third-order valence-corrected chi connectivity index (χ3v) is 6.16. The Balaban J connectivity index is 1.61. The molecular weight excluding hydrogens is 389 g/mol. The monoisotopic (exact) mass is 414 g/mol. The van der Waals surface area contributed by atoms with E-state index >= 15 is 0 Å². The molecule has 3 rings (SSSR count). The van der Waals surface area contributed by atoms with E-state index in [0.717, 1.165) is 6.92 Å². The van der Waals surface area contributed by atoms with E-state index in [9.17, 15) is 22.8 Å². The molecule has 2 fully saturated rings. The first-order valence-electron chi connectivity index (χ1n) is 9.57. The molecule has 1 unspecified atom stereocenters. The van der Waals surface area contributed by atoms with Gasteiger partial charge >= 0.3 is 12.3 Å². The molecule has 2 heterocycles. The number of carbonyl (C=O) groups is 2. The molecule has 160 valence electrons. The summed E-state index contributed by atoms with van der Waals surface area (Å²) in [5, 5.41) is 0. The average molecular weight is 414 g/mol. The van der Waals surface area contributed by atoms with E-state index in [1.54, 1.807) is 30.5 Å². The van der Waals surface area contributed by atoms with Crippen molar-refractivity contribution in [2.45, 2.75) is 62.8 Å². The fourth-order valence-corrected chi connectivity index (χ4v) is 3.62. The highest BCUT2D eigenvalue weighted by Crippen LogP contribution is 2.49. The van der Waals surface area contributed by atoms with Gasteiger partial charge in [-0.3, -0.25) is 14.8 Å². The van der Waals surface area contributed by atoms with E-state index < -0.39 is 29.3 Å². The molecule has 2 amide bonds. The van der Waals surface area contributed by atoms with E-state index in [1.165, 1.54) is 4.90 Å². The van der Waals surface area contributed by atoms with Crippen LogP contribution in [0.1, 0.15) is 45.2 Å². The van der Waals surface area contributed by atoms with Crippen LogP contribution in [-0.2, 0) is 14.9 Å². The lowest BCUT2D eigenvalue weighted by Gasteiger charge is -2.46. The smallest absolute Gasteiger partial charge is 0.425 e. The van der Waals surface area contributed by atoms with E-state index in [1.807, 2.05) is 6.92 Å². The number of likely N-dealkylation sites (N-methyl/N-ethyl adjacent to an activating group) is 1. The minimum atomic E-state index is -4.59. The van der Waals surface area contributed by atoms with Gasteiger partial charge in [0.2, 0.25) is 5.91 Å². The van der Waals surface area contributed by atoms with Crippen molar-refractivity contribution >= 4 is 12.0 Å². The fourth-order valence-electron chi connectivity index (χ4n) is 3.62. The Morgan fingerprint density at radius 2 is 1.83 bits per heavy atom. The van der Waals surface area contributed by atoms with Crippen molar-refractivity contribution in [2.75, 3.05) is 20.1 Å². The molecule has 1 saturated heterocycles. The summed E-state index contributed by atoms with van der Waals surface area (Å²) >= 11 is 0. The van der Waals surface area contributed by atoms with Gasteiger partial charge < -0.3 is 14.5 Å². The molecule has 1 saturated carbocycles. The van der Waals surface area contributed by atoms with Crippen molar-refractivity contribution in [1.82, 2.24) is 19.8 Å². The van der Waals surface area contributed by atoms with Crippen LogP contribution in [0.3, 0.4) is 0 Å². The van der Waals surface area contributed by atoms with Crippen LogP contribution in [0.5, 0.6) is 0 Å². The lowest BCUT2D eigenvalue weighted by Crippen LogP contribution is -2.57. The first-order chi connectivity index (χ1) is 13.5. The lowest BCUT2D eigenvalue weighted by atomic mass is 9.86. The molecule has 0 aromatic carbocycles. The summed E-state index contributed by atoms with van der Waals surface area (Å²) < 4.78 is 42.3. The first-order valence-corrected chi connectivity index (χ1v) is 9.57. The second-order valence-electron chi connectivity index (χ2n) is 8.09. The Hall–Kier alpha value is -2.39. The highest BCUT2D eigenvalue weighted by Gasteiger charge is 2.56. The van der Waals surface area contributed by atoms with E-state index in [2.05, 4.69) is 14.7 Å². The maximum atomic E-state index is 13.2. The van der Waals surface area contributed by atoms with E-state index in [4.69, 9.17) is 0 Å². The van der Waals surface area contributed by atoms with Crippen molar-refractivity contribution in [1.29, 1.82) is 0 Å². The molecule has 1 aromatic rings. The van der Waals surface area contributed by atoms with Crippen molar-refractivity contribution in [3.63, 3.8) is 0 Å². The van der Waals surface area contributed by atoms with Crippen LogP contribution < -0.4 is 0 Å². The molecule has 0 spiro atoms. The minimum Gasteiger partial charge on any atom is -0.437 e. The van der Waals surface area contributed by atoms with Gasteiger partial charge in [-0.1, -0.05) is 0 Å². The van der Waals surface area contributed by atoms with Gasteiger partial charge in [-0.25, -0.2) is 4.79 Å². The maximum Gasteiger partial charge on any atom is 0.425 e. The Morgan fingerprint density at radius 1 is 1.21 bits per heavy atom. The molecule has 2 aliphatic rings. The molecule has 10 heteroatoms. The molecule has 0 bridgehead atoms. The molecular formula is C19H25F3N4O3. The van der Waals surface area contributed by atoms with E-state index in [-0.39, 0.29) is 19.0 Å². The highest BCUT2D eigenvalue weighted by molar-refractivity contribution is 5.91. The van der Waals surface area contributed by atoms with Gasteiger partial charge in [0.05, 0.1) is 11.1 Å². The fraction of sp³-hybridized carbons (Fsp3) is 0.684. The number of likely N-dealkylation sites (tertiary alicyclic amines) is 1. The third-order valence-electron chi connectivity index (χ3n) is 6.16. The van der Waals surface area contributed by atoms with Crippen molar-refractivity contribution in [3.05, 3.63) is 24.3 Å².